The normalized spacial score (nSPS) is 21.9. The predicted molar refractivity (Wildman–Crippen MR) is 117 cm³/mol. The van der Waals surface area contributed by atoms with Crippen molar-refractivity contribution in [2.75, 3.05) is 55.8 Å². The van der Waals surface area contributed by atoms with E-state index >= 15 is 0 Å². The van der Waals surface area contributed by atoms with Crippen LogP contribution < -0.4 is 21.7 Å². The van der Waals surface area contributed by atoms with Crippen molar-refractivity contribution in [3.05, 3.63) is 41.0 Å². The average molecular weight is 463 g/mol. The third-order valence-corrected chi connectivity index (χ3v) is 6.04. The van der Waals surface area contributed by atoms with Crippen LogP contribution in [0.2, 0.25) is 0 Å². The van der Waals surface area contributed by atoms with Gasteiger partial charge in [-0.2, -0.15) is 0 Å². The van der Waals surface area contributed by atoms with E-state index in [-0.39, 0.29) is 5.60 Å². The first kappa shape index (κ1) is 20.3. The Morgan fingerprint density at radius 2 is 1.48 bits per heavy atom. The lowest BCUT2D eigenvalue weighted by atomic mass is 9.86. The molecule has 0 atom stereocenters. The number of hydrogen-bond donors (Lipinski definition) is 3. The van der Waals surface area contributed by atoms with E-state index in [1.165, 1.54) is 12.8 Å². The number of nitrogens with two attached hydrogens (primary N) is 2. The summed E-state index contributed by atoms with van der Waals surface area (Å²) in [6, 6.07) is 11.1. The van der Waals surface area contributed by atoms with Gasteiger partial charge < -0.3 is 31.2 Å². The lowest BCUT2D eigenvalue weighted by molar-refractivity contribution is -0.173. The molecule has 5 N–H and O–H groups in total. The number of hydrogen-bond acceptors (Lipinski definition) is 8. The van der Waals surface area contributed by atoms with E-state index in [9.17, 15) is 0 Å². The Morgan fingerprint density at radius 1 is 0.897 bits per heavy atom. The topological polar surface area (TPSA) is 112 Å². The van der Waals surface area contributed by atoms with Gasteiger partial charge in [-0.1, -0.05) is 12.1 Å². The summed E-state index contributed by atoms with van der Waals surface area (Å²) in [5.41, 5.74) is 11.4. The van der Waals surface area contributed by atoms with Gasteiger partial charge >= 0.3 is 0 Å². The van der Waals surface area contributed by atoms with Crippen LogP contribution in [0.5, 0.6) is 0 Å². The molecule has 2 spiro atoms. The number of halogens is 1. The Bertz CT molecular complexity index is 798. The van der Waals surface area contributed by atoms with Crippen LogP contribution in [0.1, 0.15) is 12.8 Å². The molecule has 0 aliphatic carbocycles. The molecule has 0 bridgehead atoms. The summed E-state index contributed by atoms with van der Waals surface area (Å²) < 4.78 is 11.6. The van der Waals surface area contributed by atoms with Gasteiger partial charge in [0.25, 0.3) is 0 Å². The second-order valence-electron chi connectivity index (χ2n) is 7.83. The van der Waals surface area contributed by atoms with Gasteiger partial charge in [-0.05, 0) is 40.2 Å². The van der Waals surface area contributed by atoms with Gasteiger partial charge in [0.2, 0.25) is 0 Å². The van der Waals surface area contributed by atoms with E-state index in [0.29, 0.717) is 17.2 Å². The molecule has 4 saturated heterocycles. The van der Waals surface area contributed by atoms with Crippen molar-refractivity contribution in [2.45, 2.75) is 24.0 Å². The first-order chi connectivity index (χ1) is 14.0. The van der Waals surface area contributed by atoms with Gasteiger partial charge in [-0.15, -0.1) is 0 Å². The van der Waals surface area contributed by atoms with Crippen LogP contribution in [0.25, 0.3) is 0 Å². The maximum atomic E-state index is 5.62. The standard InChI is InChI=1S/C10H13N3O.C5H5BrN2.C5H9NO/c11-8-2-1-3-9(12-8)13-6-10(7-13)4-5-14-10;6-4-2-1-3-5(7)8-4;1-2-7-5(1)3-6-4-5/h1-3H,4-7H2,(H2,11,12);1-3H,(H2,7,8);6H,1-4H2. The molecule has 2 aromatic heterocycles. The minimum absolute atomic E-state index is 0.159. The second-order valence-corrected chi connectivity index (χ2v) is 8.64. The van der Waals surface area contributed by atoms with Gasteiger partial charge in [-0.3, -0.25) is 0 Å². The fraction of sp³-hybridized carbons (Fsp3) is 0.500. The maximum Gasteiger partial charge on any atom is 0.131 e. The number of ether oxygens (including phenoxy) is 2. The molecule has 0 amide bonds. The molecule has 0 radical (unpaired) electrons. The van der Waals surface area contributed by atoms with Gasteiger partial charge in [0.1, 0.15) is 27.7 Å². The molecule has 0 saturated carbocycles. The minimum atomic E-state index is 0.159. The zero-order chi connectivity index (χ0) is 20.3. The van der Waals surface area contributed by atoms with E-state index in [4.69, 9.17) is 20.9 Å². The minimum Gasteiger partial charge on any atom is -0.384 e. The van der Waals surface area contributed by atoms with Crippen LogP contribution in [-0.4, -0.2) is 60.6 Å². The van der Waals surface area contributed by atoms with E-state index in [0.717, 1.165) is 49.8 Å². The fourth-order valence-corrected chi connectivity index (χ4v) is 3.92. The zero-order valence-electron chi connectivity index (χ0n) is 16.3. The second kappa shape index (κ2) is 8.43. The highest BCUT2D eigenvalue weighted by molar-refractivity contribution is 9.10. The van der Waals surface area contributed by atoms with E-state index in [1.807, 2.05) is 24.3 Å². The molecule has 2 aromatic rings. The third kappa shape index (κ3) is 4.80. The largest absolute Gasteiger partial charge is 0.384 e. The summed E-state index contributed by atoms with van der Waals surface area (Å²) >= 11 is 3.17. The molecule has 0 unspecified atom stereocenters. The van der Waals surface area contributed by atoms with Crippen LogP contribution in [0.3, 0.4) is 0 Å². The lowest BCUT2D eigenvalue weighted by Crippen LogP contribution is -2.68. The van der Waals surface area contributed by atoms with E-state index in [2.05, 4.69) is 36.1 Å². The zero-order valence-corrected chi connectivity index (χ0v) is 17.9. The van der Waals surface area contributed by atoms with Gasteiger partial charge in [0.05, 0.1) is 31.9 Å². The summed E-state index contributed by atoms with van der Waals surface area (Å²) in [5, 5.41) is 3.18. The van der Waals surface area contributed by atoms with Crippen LogP contribution in [0.15, 0.2) is 41.0 Å². The Balaban J connectivity index is 0.000000116. The van der Waals surface area contributed by atoms with Gasteiger partial charge in [0, 0.05) is 25.9 Å². The smallest absolute Gasteiger partial charge is 0.131 e. The third-order valence-electron chi connectivity index (χ3n) is 5.60. The molecule has 0 aromatic carbocycles. The Kier molecular flexibility index (Phi) is 5.91. The quantitative estimate of drug-likeness (QED) is 0.550. The number of nitrogens with zero attached hydrogens (tertiary/aromatic N) is 3. The monoisotopic (exact) mass is 462 g/mol. The molecule has 29 heavy (non-hydrogen) atoms. The number of rotatable bonds is 1. The molecule has 4 fully saturated rings. The summed E-state index contributed by atoms with van der Waals surface area (Å²) in [6.45, 7) is 6.01. The van der Waals surface area contributed by atoms with Crippen LogP contribution in [0, 0.1) is 0 Å². The molecule has 4 aliphatic heterocycles. The Labute approximate surface area is 179 Å². The molecular weight excluding hydrogens is 436 g/mol. The van der Waals surface area contributed by atoms with Crippen LogP contribution >= 0.6 is 15.9 Å². The summed E-state index contributed by atoms with van der Waals surface area (Å²) in [5.74, 6) is 2.09. The molecule has 8 nitrogen and oxygen atoms in total. The number of aromatic nitrogens is 2. The maximum absolute atomic E-state index is 5.62. The molecular formula is C20H27BrN6O2. The van der Waals surface area contributed by atoms with Crippen molar-refractivity contribution in [2.24, 2.45) is 0 Å². The first-order valence-corrected chi connectivity index (χ1v) is 10.6. The molecule has 6 rings (SSSR count). The SMILES string of the molecule is C1CC2(CNC2)O1.Nc1cccc(Br)n1.Nc1cccc(N2CC3(CCO3)C2)n1. The molecule has 156 valence electrons. The number of anilines is 3. The summed E-state index contributed by atoms with van der Waals surface area (Å²) in [6.07, 6.45) is 2.46. The van der Waals surface area contributed by atoms with Crippen molar-refractivity contribution in [1.82, 2.24) is 15.3 Å². The number of pyridine rings is 2. The highest BCUT2D eigenvalue weighted by Gasteiger charge is 2.49. The molecule has 9 heteroatoms. The number of nitrogen functional groups attached to an aromatic ring is 2. The average Bonchev–Trinajstić information content (AvgIpc) is 2.50. The highest BCUT2D eigenvalue weighted by Crippen LogP contribution is 2.38. The number of nitrogens with one attached hydrogen (secondary N) is 1. The van der Waals surface area contributed by atoms with Crippen molar-refractivity contribution in [3.8, 4) is 0 Å². The van der Waals surface area contributed by atoms with Crippen molar-refractivity contribution in [3.63, 3.8) is 0 Å². The lowest BCUT2D eigenvalue weighted by Gasteiger charge is -2.55. The van der Waals surface area contributed by atoms with Gasteiger partial charge in [-0.25, -0.2) is 9.97 Å². The molecule has 6 heterocycles. The summed E-state index contributed by atoms with van der Waals surface area (Å²) in [7, 11) is 0. The summed E-state index contributed by atoms with van der Waals surface area (Å²) in [4.78, 5) is 10.3. The van der Waals surface area contributed by atoms with Crippen molar-refractivity contribution >= 4 is 33.4 Å². The van der Waals surface area contributed by atoms with E-state index in [1.54, 1.807) is 12.1 Å². The van der Waals surface area contributed by atoms with Crippen LogP contribution in [-0.2, 0) is 9.47 Å². The van der Waals surface area contributed by atoms with Crippen molar-refractivity contribution < 1.29 is 9.47 Å². The highest BCUT2D eigenvalue weighted by atomic mass is 79.9. The predicted octanol–water partition coefficient (Wildman–Crippen LogP) is 1.82. The van der Waals surface area contributed by atoms with E-state index < -0.39 is 0 Å². The van der Waals surface area contributed by atoms with Crippen LogP contribution in [0.4, 0.5) is 17.5 Å². The Hall–Kier alpha value is -1.94. The molecule has 4 aliphatic rings. The Morgan fingerprint density at radius 3 is 1.83 bits per heavy atom. The fourth-order valence-electron chi connectivity index (χ4n) is 3.56. The van der Waals surface area contributed by atoms with Crippen molar-refractivity contribution in [1.29, 1.82) is 0 Å². The first-order valence-electron chi connectivity index (χ1n) is 9.82. The van der Waals surface area contributed by atoms with Gasteiger partial charge in [0.15, 0.2) is 0 Å².